The number of methoxy groups -OCH3 is 1. The van der Waals surface area contributed by atoms with Gasteiger partial charge in [0.1, 0.15) is 6.04 Å². The van der Waals surface area contributed by atoms with Gasteiger partial charge in [-0.3, -0.25) is 9.69 Å². The van der Waals surface area contributed by atoms with Gasteiger partial charge in [-0.15, -0.1) is 0 Å². The maximum absolute atomic E-state index is 12.9. The van der Waals surface area contributed by atoms with Crippen LogP contribution in [0.3, 0.4) is 0 Å². The number of amides is 1. The number of rotatable bonds is 5. The summed E-state index contributed by atoms with van der Waals surface area (Å²) in [5, 5.41) is 0.686. The van der Waals surface area contributed by atoms with Crippen molar-refractivity contribution >= 4 is 23.5 Å². The minimum atomic E-state index is -0.582. The lowest BCUT2D eigenvalue weighted by Crippen LogP contribution is -2.51. The summed E-state index contributed by atoms with van der Waals surface area (Å²) >= 11 is 5.92. The zero-order valence-electron chi connectivity index (χ0n) is 15.5. The van der Waals surface area contributed by atoms with Crippen LogP contribution >= 0.6 is 11.6 Å². The quantitative estimate of drug-likeness (QED) is 0.741. The summed E-state index contributed by atoms with van der Waals surface area (Å²) in [6.45, 7) is 1.26. The van der Waals surface area contributed by atoms with Gasteiger partial charge >= 0.3 is 5.97 Å². The highest BCUT2D eigenvalue weighted by atomic mass is 35.5. The lowest BCUT2D eigenvalue weighted by Gasteiger charge is -2.36. The second-order valence-corrected chi connectivity index (χ2v) is 7.27. The van der Waals surface area contributed by atoms with Crippen molar-refractivity contribution in [2.75, 3.05) is 20.7 Å². The second kappa shape index (κ2) is 8.55. The molecule has 2 aromatic carbocycles. The number of hydrogen-bond acceptors (Lipinski definition) is 4. The molecule has 142 valence electrons. The van der Waals surface area contributed by atoms with E-state index in [1.54, 1.807) is 4.90 Å². The molecule has 3 rings (SSSR count). The zero-order chi connectivity index (χ0) is 19.4. The molecule has 6 heteroatoms. The van der Waals surface area contributed by atoms with Gasteiger partial charge in [0.15, 0.2) is 0 Å². The molecule has 0 radical (unpaired) electrons. The summed E-state index contributed by atoms with van der Waals surface area (Å²) in [6.07, 6.45) is 0.482. The topological polar surface area (TPSA) is 49.9 Å². The molecule has 2 aromatic rings. The Morgan fingerprint density at radius 2 is 1.81 bits per heavy atom. The van der Waals surface area contributed by atoms with E-state index in [0.29, 0.717) is 24.5 Å². The number of carbonyl (C=O) groups is 2. The number of fused-ring (bicyclic) bond motifs is 1. The van der Waals surface area contributed by atoms with E-state index in [-0.39, 0.29) is 18.4 Å². The predicted octanol–water partition coefficient (Wildman–Crippen LogP) is 2.90. The summed E-state index contributed by atoms with van der Waals surface area (Å²) in [5.74, 6) is -0.463. The number of hydrogen-bond donors (Lipinski definition) is 0. The van der Waals surface area contributed by atoms with Gasteiger partial charge in [-0.05, 0) is 35.9 Å². The lowest BCUT2D eigenvalue weighted by molar-refractivity contribution is -0.154. The Balaban J connectivity index is 1.71. The van der Waals surface area contributed by atoms with E-state index in [1.165, 1.54) is 7.11 Å². The summed E-state index contributed by atoms with van der Waals surface area (Å²) in [5.41, 5.74) is 3.24. The third-order valence-corrected chi connectivity index (χ3v) is 5.07. The Labute approximate surface area is 164 Å². The first-order valence-electron chi connectivity index (χ1n) is 8.85. The molecule has 1 heterocycles. The molecule has 0 aromatic heterocycles. The number of esters is 1. The van der Waals surface area contributed by atoms with Gasteiger partial charge in [-0.25, -0.2) is 4.79 Å². The van der Waals surface area contributed by atoms with Crippen molar-refractivity contribution in [3.8, 4) is 0 Å². The van der Waals surface area contributed by atoms with Crippen LogP contribution in [-0.4, -0.2) is 48.4 Å². The normalized spacial score (nSPS) is 16.1. The molecule has 0 N–H and O–H groups in total. The Hall–Kier alpha value is -2.37. The fourth-order valence-corrected chi connectivity index (χ4v) is 3.54. The second-order valence-electron chi connectivity index (χ2n) is 6.83. The van der Waals surface area contributed by atoms with Crippen molar-refractivity contribution in [2.24, 2.45) is 0 Å². The van der Waals surface area contributed by atoms with E-state index in [1.807, 2.05) is 60.5 Å². The summed E-state index contributed by atoms with van der Waals surface area (Å²) in [7, 11) is 3.25. The van der Waals surface area contributed by atoms with Crippen molar-refractivity contribution in [1.29, 1.82) is 0 Å². The molecule has 1 atom stereocenters. The SMILES string of the molecule is COC(=O)C1Cc2ccccc2CN1C(=O)CN(C)Cc1ccc(Cl)cc1. The molecule has 0 saturated heterocycles. The number of carbonyl (C=O) groups excluding carboxylic acids is 2. The monoisotopic (exact) mass is 386 g/mol. The number of halogens is 1. The number of ether oxygens (including phenoxy) is 1. The zero-order valence-corrected chi connectivity index (χ0v) is 16.3. The molecule has 5 nitrogen and oxygen atoms in total. The van der Waals surface area contributed by atoms with Gasteiger partial charge in [0.2, 0.25) is 5.91 Å². The molecule has 1 aliphatic rings. The third-order valence-electron chi connectivity index (χ3n) is 4.81. The fourth-order valence-electron chi connectivity index (χ4n) is 3.41. The molecule has 0 bridgehead atoms. The molecule has 1 unspecified atom stereocenters. The average Bonchev–Trinajstić information content (AvgIpc) is 2.68. The van der Waals surface area contributed by atoms with Crippen LogP contribution in [0, 0.1) is 0 Å². The molecule has 0 aliphatic carbocycles. The first-order chi connectivity index (χ1) is 13.0. The summed E-state index contributed by atoms with van der Waals surface area (Å²) in [4.78, 5) is 28.8. The van der Waals surface area contributed by atoms with Gasteiger partial charge in [0.25, 0.3) is 0 Å². The highest BCUT2D eigenvalue weighted by Crippen LogP contribution is 2.24. The smallest absolute Gasteiger partial charge is 0.328 e. The van der Waals surface area contributed by atoms with E-state index < -0.39 is 6.04 Å². The van der Waals surface area contributed by atoms with Crippen LogP contribution in [0.1, 0.15) is 16.7 Å². The maximum Gasteiger partial charge on any atom is 0.328 e. The fraction of sp³-hybridized carbons (Fsp3) is 0.333. The lowest BCUT2D eigenvalue weighted by atomic mass is 9.94. The molecule has 27 heavy (non-hydrogen) atoms. The van der Waals surface area contributed by atoms with Crippen LogP contribution in [0.25, 0.3) is 0 Å². The summed E-state index contributed by atoms with van der Waals surface area (Å²) in [6, 6.07) is 14.9. The maximum atomic E-state index is 12.9. The number of benzene rings is 2. The van der Waals surface area contributed by atoms with Crippen LogP contribution in [0.2, 0.25) is 5.02 Å². The van der Waals surface area contributed by atoms with Crippen LogP contribution in [0.5, 0.6) is 0 Å². The van der Waals surface area contributed by atoms with Crippen molar-refractivity contribution in [3.05, 3.63) is 70.2 Å². The van der Waals surface area contributed by atoms with Crippen LogP contribution < -0.4 is 0 Å². The Morgan fingerprint density at radius 1 is 1.15 bits per heavy atom. The Morgan fingerprint density at radius 3 is 2.48 bits per heavy atom. The van der Waals surface area contributed by atoms with Crippen molar-refractivity contribution in [1.82, 2.24) is 9.80 Å². The Kier molecular flexibility index (Phi) is 6.14. The van der Waals surface area contributed by atoms with Gasteiger partial charge in [-0.1, -0.05) is 48.0 Å². The van der Waals surface area contributed by atoms with E-state index in [0.717, 1.165) is 16.7 Å². The van der Waals surface area contributed by atoms with Crippen LogP contribution in [-0.2, 0) is 33.8 Å². The molecular weight excluding hydrogens is 364 g/mol. The van der Waals surface area contributed by atoms with Crippen molar-refractivity contribution in [3.63, 3.8) is 0 Å². The highest BCUT2D eigenvalue weighted by molar-refractivity contribution is 6.30. The van der Waals surface area contributed by atoms with Crippen molar-refractivity contribution in [2.45, 2.75) is 25.6 Å². The molecule has 1 aliphatic heterocycles. The number of nitrogens with zero attached hydrogens (tertiary/aromatic N) is 2. The average molecular weight is 387 g/mol. The standard InChI is InChI=1S/C21H23ClN2O3/c1-23(12-15-7-9-18(22)10-8-15)14-20(25)24-13-17-6-4-3-5-16(17)11-19(24)21(26)27-2/h3-10,19H,11-14H2,1-2H3. The Bertz CT molecular complexity index is 822. The van der Waals surface area contributed by atoms with Crippen molar-refractivity contribution < 1.29 is 14.3 Å². The third kappa shape index (κ3) is 4.67. The van der Waals surface area contributed by atoms with E-state index in [2.05, 4.69) is 0 Å². The number of likely N-dealkylation sites (N-methyl/N-ethyl adjacent to an activating group) is 1. The van der Waals surface area contributed by atoms with E-state index in [4.69, 9.17) is 16.3 Å². The molecular formula is C21H23ClN2O3. The molecule has 1 amide bonds. The molecule has 0 saturated carbocycles. The summed E-state index contributed by atoms with van der Waals surface area (Å²) < 4.78 is 4.94. The highest BCUT2D eigenvalue weighted by Gasteiger charge is 2.35. The van der Waals surface area contributed by atoms with Crippen LogP contribution in [0.15, 0.2) is 48.5 Å². The minimum absolute atomic E-state index is 0.0867. The first-order valence-corrected chi connectivity index (χ1v) is 9.23. The van der Waals surface area contributed by atoms with E-state index in [9.17, 15) is 9.59 Å². The van der Waals surface area contributed by atoms with Gasteiger partial charge < -0.3 is 9.64 Å². The minimum Gasteiger partial charge on any atom is -0.467 e. The van der Waals surface area contributed by atoms with Gasteiger partial charge in [0, 0.05) is 24.5 Å². The molecule has 0 spiro atoms. The molecule has 0 fully saturated rings. The first kappa shape index (κ1) is 19.4. The van der Waals surface area contributed by atoms with Crippen LogP contribution in [0.4, 0.5) is 0 Å². The van der Waals surface area contributed by atoms with Gasteiger partial charge in [-0.2, -0.15) is 0 Å². The van der Waals surface area contributed by atoms with E-state index >= 15 is 0 Å². The predicted molar refractivity (Wildman–Crippen MR) is 104 cm³/mol. The largest absolute Gasteiger partial charge is 0.467 e. The van der Waals surface area contributed by atoms with Gasteiger partial charge in [0.05, 0.1) is 13.7 Å².